The topological polar surface area (TPSA) is 84.2 Å². The number of nitrogens with zero attached hydrogens (tertiary/aromatic N) is 6. The standard InChI is InChI=1S/C19H26N6O2/c1-19(2,3)18(27)24-11-9-23(10-12-24)17(26)16(25-14-20-21-22-25)13-15-7-5-4-6-8-15/h4-8,14,16H,9-13H2,1-3H3. The smallest absolute Gasteiger partial charge is 0.248 e. The summed E-state index contributed by atoms with van der Waals surface area (Å²) >= 11 is 0. The first-order valence-corrected chi connectivity index (χ1v) is 9.21. The highest BCUT2D eigenvalue weighted by atomic mass is 16.2. The molecule has 0 N–H and O–H groups in total. The second kappa shape index (κ2) is 7.85. The number of piperazine rings is 1. The number of tetrazole rings is 1. The van der Waals surface area contributed by atoms with Crippen molar-refractivity contribution in [2.24, 2.45) is 5.41 Å². The summed E-state index contributed by atoms with van der Waals surface area (Å²) in [6.07, 6.45) is 2.00. The fourth-order valence-electron chi connectivity index (χ4n) is 3.26. The van der Waals surface area contributed by atoms with Crippen molar-refractivity contribution >= 4 is 11.8 Å². The number of rotatable bonds is 4. The first kappa shape index (κ1) is 19.0. The minimum atomic E-state index is -0.493. The third-order valence-electron chi connectivity index (χ3n) is 4.76. The molecule has 0 spiro atoms. The zero-order valence-corrected chi connectivity index (χ0v) is 16.1. The number of amides is 2. The van der Waals surface area contributed by atoms with Gasteiger partial charge in [0.05, 0.1) is 0 Å². The van der Waals surface area contributed by atoms with Gasteiger partial charge in [0.2, 0.25) is 11.8 Å². The molecule has 0 aliphatic carbocycles. The zero-order chi connectivity index (χ0) is 19.4. The van der Waals surface area contributed by atoms with Crippen LogP contribution in [0.4, 0.5) is 0 Å². The molecule has 1 unspecified atom stereocenters. The number of carbonyl (C=O) groups is 2. The number of hydrogen-bond donors (Lipinski definition) is 0. The molecule has 1 aromatic heterocycles. The molecule has 8 heteroatoms. The highest BCUT2D eigenvalue weighted by Crippen LogP contribution is 2.21. The fourth-order valence-corrected chi connectivity index (χ4v) is 3.26. The van der Waals surface area contributed by atoms with Crippen LogP contribution in [0.2, 0.25) is 0 Å². The molecule has 2 aromatic rings. The van der Waals surface area contributed by atoms with Gasteiger partial charge in [0.15, 0.2) is 0 Å². The third-order valence-corrected chi connectivity index (χ3v) is 4.76. The molecule has 1 saturated heterocycles. The van der Waals surface area contributed by atoms with Crippen LogP contribution in [0.15, 0.2) is 36.7 Å². The average Bonchev–Trinajstić information content (AvgIpc) is 3.19. The summed E-state index contributed by atoms with van der Waals surface area (Å²) < 4.78 is 1.52. The molecule has 27 heavy (non-hydrogen) atoms. The Bertz CT molecular complexity index is 761. The van der Waals surface area contributed by atoms with Crippen LogP contribution in [0, 0.1) is 5.41 Å². The van der Waals surface area contributed by atoms with Gasteiger partial charge in [-0.05, 0) is 16.0 Å². The van der Waals surface area contributed by atoms with Gasteiger partial charge in [0.25, 0.3) is 0 Å². The Labute approximate surface area is 159 Å². The van der Waals surface area contributed by atoms with E-state index in [0.717, 1.165) is 5.56 Å². The lowest BCUT2D eigenvalue weighted by atomic mass is 9.94. The maximum atomic E-state index is 13.2. The van der Waals surface area contributed by atoms with Gasteiger partial charge in [-0.1, -0.05) is 51.1 Å². The van der Waals surface area contributed by atoms with Crippen LogP contribution in [0.3, 0.4) is 0 Å². The van der Waals surface area contributed by atoms with Gasteiger partial charge in [-0.15, -0.1) is 5.10 Å². The van der Waals surface area contributed by atoms with E-state index in [-0.39, 0.29) is 11.8 Å². The quantitative estimate of drug-likeness (QED) is 0.807. The largest absolute Gasteiger partial charge is 0.339 e. The first-order chi connectivity index (χ1) is 12.9. The van der Waals surface area contributed by atoms with E-state index < -0.39 is 11.5 Å². The Balaban J connectivity index is 1.69. The van der Waals surface area contributed by atoms with Crippen LogP contribution in [0.1, 0.15) is 32.4 Å². The van der Waals surface area contributed by atoms with E-state index in [4.69, 9.17) is 0 Å². The second-order valence-corrected chi connectivity index (χ2v) is 7.86. The van der Waals surface area contributed by atoms with Gasteiger partial charge in [-0.3, -0.25) is 9.59 Å². The highest BCUT2D eigenvalue weighted by Gasteiger charge is 2.33. The van der Waals surface area contributed by atoms with Crippen molar-refractivity contribution in [1.29, 1.82) is 0 Å². The molecule has 1 fully saturated rings. The van der Waals surface area contributed by atoms with Gasteiger partial charge in [-0.25, -0.2) is 4.68 Å². The zero-order valence-electron chi connectivity index (χ0n) is 16.1. The lowest BCUT2D eigenvalue weighted by Gasteiger charge is -2.38. The summed E-state index contributed by atoms with van der Waals surface area (Å²) in [5, 5.41) is 11.3. The Morgan fingerprint density at radius 1 is 1.04 bits per heavy atom. The second-order valence-electron chi connectivity index (χ2n) is 7.86. The average molecular weight is 370 g/mol. The minimum absolute atomic E-state index is 0.0194. The van der Waals surface area contributed by atoms with Crippen LogP contribution in [-0.4, -0.2) is 68.0 Å². The predicted octanol–water partition coefficient (Wildman–Crippen LogP) is 1.17. The predicted molar refractivity (Wildman–Crippen MR) is 99.6 cm³/mol. The maximum absolute atomic E-state index is 13.2. The highest BCUT2D eigenvalue weighted by molar-refractivity contribution is 5.83. The maximum Gasteiger partial charge on any atom is 0.248 e. The summed E-state index contributed by atoms with van der Waals surface area (Å²) in [7, 11) is 0. The molecule has 1 atom stereocenters. The van der Waals surface area contributed by atoms with E-state index in [9.17, 15) is 9.59 Å². The van der Waals surface area contributed by atoms with Gasteiger partial charge < -0.3 is 9.80 Å². The Morgan fingerprint density at radius 2 is 1.67 bits per heavy atom. The van der Waals surface area contributed by atoms with E-state index in [0.29, 0.717) is 32.6 Å². The van der Waals surface area contributed by atoms with Crippen LogP contribution < -0.4 is 0 Å². The molecule has 0 bridgehead atoms. The van der Waals surface area contributed by atoms with Crippen molar-refractivity contribution in [3.63, 3.8) is 0 Å². The molecule has 1 aliphatic rings. The third kappa shape index (κ3) is 4.50. The molecular formula is C19H26N6O2. The van der Waals surface area contributed by atoms with E-state index in [1.807, 2.05) is 60.9 Å². The van der Waals surface area contributed by atoms with E-state index in [1.54, 1.807) is 0 Å². The van der Waals surface area contributed by atoms with Crippen molar-refractivity contribution in [1.82, 2.24) is 30.0 Å². The number of aromatic nitrogens is 4. The van der Waals surface area contributed by atoms with Crippen molar-refractivity contribution in [2.75, 3.05) is 26.2 Å². The summed E-state index contributed by atoms with van der Waals surface area (Å²) in [5.74, 6) is 0.102. The first-order valence-electron chi connectivity index (χ1n) is 9.21. The van der Waals surface area contributed by atoms with Crippen LogP contribution in [0.5, 0.6) is 0 Å². The molecule has 1 aromatic carbocycles. The summed E-state index contributed by atoms with van der Waals surface area (Å²) in [4.78, 5) is 29.3. The van der Waals surface area contributed by atoms with E-state index in [1.165, 1.54) is 11.0 Å². The molecule has 3 rings (SSSR count). The molecule has 0 saturated carbocycles. The van der Waals surface area contributed by atoms with Crippen LogP contribution in [-0.2, 0) is 16.0 Å². The van der Waals surface area contributed by atoms with E-state index in [2.05, 4.69) is 15.5 Å². The van der Waals surface area contributed by atoms with Gasteiger partial charge in [0.1, 0.15) is 12.4 Å². The van der Waals surface area contributed by atoms with E-state index >= 15 is 0 Å². The van der Waals surface area contributed by atoms with Crippen molar-refractivity contribution in [3.8, 4) is 0 Å². The Kier molecular flexibility index (Phi) is 5.53. The molecule has 2 amide bonds. The fraction of sp³-hybridized carbons (Fsp3) is 0.526. The normalized spacial score (nSPS) is 16.3. The van der Waals surface area contributed by atoms with Crippen LogP contribution >= 0.6 is 0 Å². The summed E-state index contributed by atoms with van der Waals surface area (Å²) in [6.45, 7) is 7.90. The van der Waals surface area contributed by atoms with Crippen molar-refractivity contribution < 1.29 is 9.59 Å². The number of carbonyl (C=O) groups excluding carboxylic acids is 2. The van der Waals surface area contributed by atoms with Crippen molar-refractivity contribution in [3.05, 3.63) is 42.2 Å². The Hall–Kier alpha value is -2.77. The monoisotopic (exact) mass is 370 g/mol. The number of hydrogen-bond acceptors (Lipinski definition) is 5. The summed E-state index contributed by atoms with van der Waals surface area (Å²) in [6, 6.07) is 9.34. The Morgan fingerprint density at radius 3 is 2.22 bits per heavy atom. The molecule has 144 valence electrons. The minimum Gasteiger partial charge on any atom is -0.339 e. The molecule has 2 heterocycles. The SMILES string of the molecule is CC(C)(C)C(=O)N1CCN(C(=O)C(Cc2ccccc2)n2cnnn2)CC1. The van der Waals surface area contributed by atoms with Gasteiger partial charge >= 0.3 is 0 Å². The van der Waals surface area contributed by atoms with Crippen LogP contribution in [0.25, 0.3) is 0 Å². The van der Waals surface area contributed by atoms with Gasteiger partial charge in [-0.2, -0.15) is 0 Å². The van der Waals surface area contributed by atoms with Crippen molar-refractivity contribution in [2.45, 2.75) is 33.2 Å². The molecule has 1 aliphatic heterocycles. The number of benzene rings is 1. The lowest BCUT2D eigenvalue weighted by Crippen LogP contribution is -2.54. The molecular weight excluding hydrogens is 344 g/mol. The molecule has 0 radical (unpaired) electrons. The molecule has 8 nitrogen and oxygen atoms in total. The lowest BCUT2D eigenvalue weighted by molar-refractivity contribution is -0.146. The summed E-state index contributed by atoms with van der Waals surface area (Å²) in [5.41, 5.74) is 0.641. The van der Waals surface area contributed by atoms with Gasteiger partial charge in [0, 0.05) is 38.0 Å².